The zero-order chi connectivity index (χ0) is 16.4. The van der Waals surface area contributed by atoms with E-state index in [0.29, 0.717) is 31.7 Å². The molecule has 122 valence electrons. The summed E-state index contributed by atoms with van der Waals surface area (Å²) in [5.41, 5.74) is 0.292. The quantitative estimate of drug-likeness (QED) is 0.898. The van der Waals surface area contributed by atoms with Crippen molar-refractivity contribution >= 4 is 15.9 Å². The summed E-state index contributed by atoms with van der Waals surface area (Å²) in [5, 5.41) is 3.02. The lowest BCUT2D eigenvalue weighted by atomic mass is 9.80. The number of amides is 1. The second-order valence-electron chi connectivity index (χ2n) is 5.63. The maximum Gasteiger partial charge on any atom is 0.217 e. The van der Waals surface area contributed by atoms with Gasteiger partial charge in [-0.1, -0.05) is 18.2 Å². The summed E-state index contributed by atoms with van der Waals surface area (Å²) in [4.78, 5) is 11.7. The minimum Gasteiger partial charge on any atom is -0.496 e. The number of nitrogens with one attached hydrogen (secondary N) is 1. The van der Waals surface area contributed by atoms with Crippen molar-refractivity contribution in [2.24, 2.45) is 0 Å². The molecule has 1 heterocycles. The molecule has 0 unspecified atom stereocenters. The minimum atomic E-state index is -3.21. The molecule has 6 nitrogen and oxygen atoms in total. The second-order valence-corrected chi connectivity index (χ2v) is 7.61. The molecule has 7 heteroatoms. The Kier molecular flexibility index (Phi) is 4.77. The first kappa shape index (κ1) is 16.8. The van der Waals surface area contributed by atoms with Gasteiger partial charge in [-0.3, -0.25) is 4.79 Å². The van der Waals surface area contributed by atoms with Gasteiger partial charge < -0.3 is 10.1 Å². The van der Waals surface area contributed by atoms with Crippen LogP contribution in [0.2, 0.25) is 0 Å². The van der Waals surface area contributed by atoms with Crippen molar-refractivity contribution in [2.45, 2.75) is 25.3 Å². The second kappa shape index (κ2) is 6.26. The van der Waals surface area contributed by atoms with E-state index in [0.717, 1.165) is 5.56 Å². The number of para-hydroxylation sites is 1. The average Bonchev–Trinajstić information content (AvgIpc) is 2.46. The summed E-state index contributed by atoms with van der Waals surface area (Å²) in [6.45, 7) is 2.22. The summed E-state index contributed by atoms with van der Waals surface area (Å²) in [6, 6.07) is 7.53. The molecular formula is C15H22N2O4S. The Morgan fingerprint density at radius 1 is 1.27 bits per heavy atom. The van der Waals surface area contributed by atoms with Crippen molar-refractivity contribution < 1.29 is 17.9 Å². The molecular weight excluding hydrogens is 304 g/mol. The van der Waals surface area contributed by atoms with E-state index in [9.17, 15) is 13.2 Å². The molecule has 0 saturated carbocycles. The lowest BCUT2D eigenvalue weighted by Gasteiger charge is -2.42. The van der Waals surface area contributed by atoms with Gasteiger partial charge in [0.05, 0.1) is 18.9 Å². The summed E-state index contributed by atoms with van der Waals surface area (Å²) in [5.74, 6) is 0.558. The van der Waals surface area contributed by atoms with Crippen LogP contribution in [0, 0.1) is 0 Å². The molecule has 22 heavy (non-hydrogen) atoms. The van der Waals surface area contributed by atoms with Crippen molar-refractivity contribution in [2.75, 3.05) is 26.5 Å². The Labute approximate surface area is 131 Å². The van der Waals surface area contributed by atoms with Gasteiger partial charge in [0, 0.05) is 25.6 Å². The predicted octanol–water partition coefficient (Wildman–Crippen LogP) is 1.08. The Balaban J connectivity index is 2.37. The summed E-state index contributed by atoms with van der Waals surface area (Å²) in [6.07, 6.45) is 2.24. The first-order chi connectivity index (χ1) is 10.3. The van der Waals surface area contributed by atoms with E-state index in [1.807, 2.05) is 24.3 Å². The van der Waals surface area contributed by atoms with Crippen molar-refractivity contribution in [3.63, 3.8) is 0 Å². The number of rotatable bonds is 4. The van der Waals surface area contributed by atoms with Crippen molar-refractivity contribution in [3.05, 3.63) is 29.8 Å². The number of sulfonamides is 1. The van der Waals surface area contributed by atoms with E-state index in [2.05, 4.69) is 5.32 Å². The highest BCUT2D eigenvalue weighted by atomic mass is 32.2. The molecule has 1 fully saturated rings. The predicted molar refractivity (Wildman–Crippen MR) is 84.1 cm³/mol. The lowest BCUT2D eigenvalue weighted by molar-refractivity contribution is -0.121. The zero-order valence-corrected chi connectivity index (χ0v) is 13.9. The standard InChI is InChI=1S/C15H22N2O4S/c1-12(18)16-15(13-6-4-5-7-14(13)21-2)8-10-17(11-9-15)22(3,19)20/h4-7H,8-11H2,1-3H3,(H,16,18). The Hall–Kier alpha value is -1.60. The maximum atomic E-state index is 11.7. The number of benzene rings is 1. The highest BCUT2D eigenvalue weighted by Crippen LogP contribution is 2.38. The van der Waals surface area contributed by atoms with Gasteiger partial charge >= 0.3 is 0 Å². The van der Waals surface area contributed by atoms with Gasteiger partial charge in [-0.2, -0.15) is 0 Å². The molecule has 2 rings (SSSR count). The SMILES string of the molecule is COc1ccccc1C1(NC(C)=O)CCN(S(C)(=O)=O)CC1. The topological polar surface area (TPSA) is 75.7 Å². The molecule has 1 aliphatic heterocycles. The molecule has 1 N–H and O–H groups in total. The highest BCUT2D eigenvalue weighted by Gasteiger charge is 2.40. The molecule has 1 aromatic rings. The van der Waals surface area contributed by atoms with Crippen LogP contribution in [0.25, 0.3) is 0 Å². The van der Waals surface area contributed by atoms with E-state index < -0.39 is 15.6 Å². The monoisotopic (exact) mass is 326 g/mol. The van der Waals surface area contributed by atoms with Gasteiger partial charge in [-0.05, 0) is 18.9 Å². The van der Waals surface area contributed by atoms with Crippen LogP contribution in [0.15, 0.2) is 24.3 Å². The average molecular weight is 326 g/mol. The molecule has 1 aromatic carbocycles. The number of piperidine rings is 1. The smallest absolute Gasteiger partial charge is 0.217 e. The third-order valence-electron chi connectivity index (χ3n) is 4.08. The van der Waals surface area contributed by atoms with Crippen LogP contribution in [-0.2, 0) is 20.4 Å². The van der Waals surface area contributed by atoms with Crippen LogP contribution >= 0.6 is 0 Å². The fourth-order valence-corrected chi connectivity index (χ4v) is 3.88. The molecule has 0 spiro atoms. The van der Waals surface area contributed by atoms with E-state index in [4.69, 9.17) is 4.74 Å². The Morgan fingerprint density at radius 3 is 2.36 bits per heavy atom. The van der Waals surface area contributed by atoms with Crippen molar-refractivity contribution in [1.29, 1.82) is 0 Å². The van der Waals surface area contributed by atoms with Crippen LogP contribution in [-0.4, -0.2) is 45.1 Å². The summed E-state index contributed by atoms with van der Waals surface area (Å²) in [7, 11) is -1.62. The van der Waals surface area contributed by atoms with Crippen LogP contribution in [0.4, 0.5) is 0 Å². The van der Waals surface area contributed by atoms with Crippen LogP contribution in [0.1, 0.15) is 25.3 Å². The number of carbonyl (C=O) groups excluding carboxylic acids is 1. The highest BCUT2D eigenvalue weighted by molar-refractivity contribution is 7.88. The molecule has 0 atom stereocenters. The Morgan fingerprint density at radius 2 is 1.86 bits per heavy atom. The van der Waals surface area contributed by atoms with Gasteiger partial charge in [-0.15, -0.1) is 0 Å². The maximum absolute atomic E-state index is 11.7. The van der Waals surface area contributed by atoms with E-state index >= 15 is 0 Å². The number of carbonyl (C=O) groups is 1. The zero-order valence-electron chi connectivity index (χ0n) is 13.1. The largest absolute Gasteiger partial charge is 0.496 e. The van der Waals surface area contributed by atoms with E-state index in [1.54, 1.807) is 7.11 Å². The van der Waals surface area contributed by atoms with Crippen LogP contribution in [0.5, 0.6) is 5.75 Å². The van der Waals surface area contributed by atoms with Crippen LogP contribution < -0.4 is 10.1 Å². The van der Waals surface area contributed by atoms with E-state index in [-0.39, 0.29) is 5.91 Å². The first-order valence-electron chi connectivity index (χ1n) is 7.16. The van der Waals surface area contributed by atoms with Gasteiger partial charge in [-0.25, -0.2) is 12.7 Å². The molecule has 0 aliphatic carbocycles. The normalized spacial score (nSPS) is 18.7. The van der Waals surface area contributed by atoms with Gasteiger partial charge in [0.1, 0.15) is 5.75 Å². The lowest BCUT2D eigenvalue weighted by Crippen LogP contribution is -2.53. The number of hydrogen-bond donors (Lipinski definition) is 1. The third-order valence-corrected chi connectivity index (χ3v) is 5.39. The third kappa shape index (κ3) is 3.41. The summed E-state index contributed by atoms with van der Waals surface area (Å²) >= 11 is 0. The number of hydrogen-bond acceptors (Lipinski definition) is 4. The fourth-order valence-electron chi connectivity index (χ4n) is 3.04. The van der Waals surface area contributed by atoms with Crippen LogP contribution in [0.3, 0.4) is 0 Å². The minimum absolute atomic E-state index is 0.140. The first-order valence-corrected chi connectivity index (χ1v) is 9.01. The number of ether oxygens (including phenoxy) is 1. The number of nitrogens with zero attached hydrogens (tertiary/aromatic N) is 1. The summed E-state index contributed by atoms with van der Waals surface area (Å²) < 4.78 is 30.2. The molecule has 0 aromatic heterocycles. The molecule has 1 amide bonds. The number of methoxy groups -OCH3 is 1. The van der Waals surface area contributed by atoms with Crippen molar-refractivity contribution in [1.82, 2.24) is 9.62 Å². The van der Waals surface area contributed by atoms with Gasteiger partial charge in [0.2, 0.25) is 15.9 Å². The van der Waals surface area contributed by atoms with Crippen molar-refractivity contribution in [3.8, 4) is 5.75 Å². The molecule has 1 saturated heterocycles. The fraction of sp³-hybridized carbons (Fsp3) is 0.533. The van der Waals surface area contributed by atoms with E-state index in [1.165, 1.54) is 17.5 Å². The molecule has 0 bridgehead atoms. The van der Waals surface area contributed by atoms with Gasteiger partial charge in [0.15, 0.2) is 0 Å². The molecule has 0 radical (unpaired) electrons. The molecule has 1 aliphatic rings. The Bertz CT molecular complexity index is 649. The van der Waals surface area contributed by atoms with Gasteiger partial charge in [0.25, 0.3) is 0 Å².